The maximum Gasteiger partial charge on any atom is 0.224 e. The van der Waals surface area contributed by atoms with Gasteiger partial charge in [-0.25, -0.2) is 9.97 Å². The summed E-state index contributed by atoms with van der Waals surface area (Å²) >= 11 is 5.90. The molecule has 8 heteroatoms. The highest BCUT2D eigenvalue weighted by Gasteiger charge is 2.13. The van der Waals surface area contributed by atoms with Crippen LogP contribution in [0.15, 0.2) is 54.7 Å². The van der Waals surface area contributed by atoms with E-state index >= 15 is 0 Å². The van der Waals surface area contributed by atoms with Crippen molar-refractivity contribution in [2.75, 3.05) is 19.5 Å². The highest BCUT2D eigenvalue weighted by atomic mass is 35.5. The highest BCUT2D eigenvalue weighted by molar-refractivity contribution is 6.28. The first kappa shape index (κ1) is 18.1. The van der Waals surface area contributed by atoms with Gasteiger partial charge in [-0.05, 0) is 53.6 Å². The first-order valence-electron chi connectivity index (χ1n) is 8.59. The Morgan fingerprint density at radius 3 is 2.46 bits per heavy atom. The van der Waals surface area contributed by atoms with E-state index in [9.17, 15) is 0 Å². The van der Waals surface area contributed by atoms with Crippen LogP contribution in [-0.4, -0.2) is 34.0 Å². The summed E-state index contributed by atoms with van der Waals surface area (Å²) in [5.41, 5.74) is 2.08. The van der Waals surface area contributed by atoms with Gasteiger partial charge in [0.05, 0.1) is 26.3 Å². The fraction of sp³-hybridized carbons (Fsp3) is 0.150. The van der Waals surface area contributed by atoms with Gasteiger partial charge in [0.15, 0.2) is 5.82 Å². The summed E-state index contributed by atoms with van der Waals surface area (Å²) in [6.07, 6.45) is 1.59. The minimum atomic E-state index is 0.171. The minimum Gasteiger partial charge on any atom is -0.497 e. The van der Waals surface area contributed by atoms with Gasteiger partial charge in [-0.3, -0.25) is 4.68 Å². The number of benzene rings is 2. The monoisotopic (exact) mass is 395 g/mol. The molecule has 0 bridgehead atoms. The van der Waals surface area contributed by atoms with Gasteiger partial charge in [-0.15, -0.1) is 0 Å². The van der Waals surface area contributed by atoms with Gasteiger partial charge in [-0.2, -0.15) is 5.10 Å². The Bertz CT molecular complexity index is 1110. The summed E-state index contributed by atoms with van der Waals surface area (Å²) in [5, 5.41) is 9.05. The summed E-state index contributed by atoms with van der Waals surface area (Å²) in [6, 6.07) is 15.5. The van der Waals surface area contributed by atoms with E-state index in [0.29, 0.717) is 18.2 Å². The third kappa shape index (κ3) is 3.70. The Labute approximate surface area is 166 Å². The molecule has 2 aromatic heterocycles. The number of ether oxygens (including phenoxy) is 2. The molecule has 7 nitrogen and oxygen atoms in total. The van der Waals surface area contributed by atoms with Crippen molar-refractivity contribution in [3.63, 3.8) is 0 Å². The van der Waals surface area contributed by atoms with Crippen LogP contribution in [0, 0.1) is 0 Å². The largest absolute Gasteiger partial charge is 0.497 e. The van der Waals surface area contributed by atoms with Crippen LogP contribution < -0.4 is 14.8 Å². The Hall–Kier alpha value is -3.32. The lowest BCUT2D eigenvalue weighted by Crippen LogP contribution is -2.03. The Morgan fingerprint density at radius 1 is 1.00 bits per heavy atom. The van der Waals surface area contributed by atoms with Gasteiger partial charge in [0, 0.05) is 11.6 Å². The van der Waals surface area contributed by atoms with Crippen molar-refractivity contribution >= 4 is 34.1 Å². The molecule has 0 atom stereocenters. The van der Waals surface area contributed by atoms with Crippen LogP contribution in [0.3, 0.4) is 0 Å². The van der Waals surface area contributed by atoms with Crippen LogP contribution >= 0.6 is 11.6 Å². The topological polar surface area (TPSA) is 74.1 Å². The molecule has 28 heavy (non-hydrogen) atoms. The molecule has 0 amide bonds. The maximum atomic E-state index is 5.90. The molecule has 1 N–H and O–H groups in total. The summed E-state index contributed by atoms with van der Waals surface area (Å²) in [4.78, 5) is 8.08. The molecule has 0 saturated carbocycles. The van der Waals surface area contributed by atoms with E-state index in [4.69, 9.17) is 26.2 Å². The Kier molecular flexibility index (Phi) is 4.99. The number of nitrogens with one attached hydrogen (secondary N) is 1. The molecular formula is C20H18ClN5O2. The number of anilines is 2. The summed E-state index contributed by atoms with van der Waals surface area (Å²) in [7, 11) is 3.29. The molecule has 2 heterocycles. The van der Waals surface area contributed by atoms with Gasteiger partial charge < -0.3 is 14.8 Å². The summed E-state index contributed by atoms with van der Waals surface area (Å²) in [6.45, 7) is 0.610. The van der Waals surface area contributed by atoms with E-state index < -0.39 is 0 Å². The number of hydrogen-bond donors (Lipinski definition) is 1. The second-order valence-corrected chi connectivity index (χ2v) is 6.41. The molecule has 0 spiro atoms. The van der Waals surface area contributed by atoms with Gasteiger partial charge in [0.1, 0.15) is 17.3 Å². The molecule has 4 rings (SSSR count). The highest BCUT2D eigenvalue weighted by Crippen LogP contribution is 2.29. The lowest BCUT2D eigenvalue weighted by Gasteiger charge is -2.06. The first-order valence-corrected chi connectivity index (χ1v) is 8.97. The van der Waals surface area contributed by atoms with Crippen LogP contribution in [-0.2, 0) is 6.54 Å². The third-order valence-corrected chi connectivity index (χ3v) is 4.50. The average molecular weight is 396 g/mol. The number of methoxy groups -OCH3 is 2. The normalized spacial score (nSPS) is 10.8. The van der Waals surface area contributed by atoms with E-state index in [-0.39, 0.29) is 5.28 Å². The van der Waals surface area contributed by atoms with Crippen LogP contribution in [0.2, 0.25) is 5.28 Å². The predicted molar refractivity (Wildman–Crippen MR) is 109 cm³/mol. The van der Waals surface area contributed by atoms with Crippen LogP contribution in [0.5, 0.6) is 11.5 Å². The number of hydrogen-bond acceptors (Lipinski definition) is 6. The maximum absolute atomic E-state index is 5.90. The van der Waals surface area contributed by atoms with E-state index in [1.54, 1.807) is 26.5 Å². The number of halogens is 1. The molecule has 0 aliphatic heterocycles. The lowest BCUT2D eigenvalue weighted by molar-refractivity contribution is 0.414. The molecule has 0 radical (unpaired) electrons. The third-order valence-electron chi connectivity index (χ3n) is 4.32. The number of fused-ring (bicyclic) bond motifs is 1. The van der Waals surface area contributed by atoms with Gasteiger partial charge in [0.25, 0.3) is 0 Å². The molecule has 0 fully saturated rings. The molecule has 0 aliphatic rings. The van der Waals surface area contributed by atoms with E-state index in [2.05, 4.69) is 15.3 Å². The van der Waals surface area contributed by atoms with Crippen LogP contribution in [0.25, 0.3) is 10.9 Å². The van der Waals surface area contributed by atoms with Crippen molar-refractivity contribution < 1.29 is 9.47 Å². The average Bonchev–Trinajstić information content (AvgIpc) is 3.05. The zero-order valence-electron chi connectivity index (χ0n) is 15.4. The fourth-order valence-corrected chi connectivity index (χ4v) is 3.08. The van der Waals surface area contributed by atoms with E-state index in [1.165, 1.54) is 0 Å². The van der Waals surface area contributed by atoms with Crippen molar-refractivity contribution in [2.45, 2.75) is 6.54 Å². The zero-order chi connectivity index (χ0) is 19.5. The van der Waals surface area contributed by atoms with Crippen molar-refractivity contribution in [3.8, 4) is 11.5 Å². The number of rotatable bonds is 6. The SMILES string of the molecule is COc1ccc(Cn2nc(Nc3ccnc(Cl)n3)c3cc(OC)ccc32)cc1. The molecular weight excluding hydrogens is 378 g/mol. The van der Waals surface area contributed by atoms with Gasteiger partial charge >= 0.3 is 0 Å². The number of aromatic nitrogens is 4. The molecule has 0 aliphatic carbocycles. The standard InChI is InChI=1S/C20H18ClN5O2/c1-27-14-5-3-13(4-6-14)12-26-17-8-7-15(28-2)11-16(17)19(25-26)23-18-9-10-22-20(21)24-18/h3-11H,12H2,1-2H3,(H,22,23,24,25). The summed E-state index contributed by atoms with van der Waals surface area (Å²) in [5.74, 6) is 2.80. The molecule has 0 unspecified atom stereocenters. The molecule has 142 valence electrons. The molecule has 4 aromatic rings. The summed E-state index contributed by atoms with van der Waals surface area (Å²) < 4.78 is 12.5. The van der Waals surface area contributed by atoms with E-state index in [0.717, 1.165) is 28.0 Å². The van der Waals surface area contributed by atoms with E-state index in [1.807, 2.05) is 47.1 Å². The first-order chi connectivity index (χ1) is 13.7. The second-order valence-electron chi connectivity index (χ2n) is 6.07. The number of nitrogens with zero attached hydrogens (tertiary/aromatic N) is 4. The minimum absolute atomic E-state index is 0.171. The van der Waals surface area contributed by atoms with Gasteiger partial charge in [-0.1, -0.05) is 12.1 Å². The van der Waals surface area contributed by atoms with Crippen molar-refractivity contribution in [2.24, 2.45) is 0 Å². The Balaban J connectivity index is 1.73. The van der Waals surface area contributed by atoms with Crippen molar-refractivity contribution in [3.05, 3.63) is 65.6 Å². The van der Waals surface area contributed by atoms with Crippen molar-refractivity contribution in [1.29, 1.82) is 0 Å². The Morgan fingerprint density at radius 2 is 1.75 bits per heavy atom. The molecule has 0 saturated heterocycles. The predicted octanol–water partition coefficient (Wildman–Crippen LogP) is 4.29. The smallest absolute Gasteiger partial charge is 0.224 e. The lowest BCUT2D eigenvalue weighted by atomic mass is 10.2. The van der Waals surface area contributed by atoms with Crippen LogP contribution in [0.4, 0.5) is 11.6 Å². The van der Waals surface area contributed by atoms with Crippen molar-refractivity contribution in [1.82, 2.24) is 19.7 Å². The van der Waals surface area contributed by atoms with Crippen LogP contribution in [0.1, 0.15) is 5.56 Å². The molecule has 2 aromatic carbocycles. The zero-order valence-corrected chi connectivity index (χ0v) is 16.1. The van der Waals surface area contributed by atoms with Gasteiger partial charge in [0.2, 0.25) is 5.28 Å². The fourth-order valence-electron chi connectivity index (χ4n) is 2.93. The quantitative estimate of drug-likeness (QED) is 0.491. The second kappa shape index (κ2) is 7.74.